The van der Waals surface area contributed by atoms with Crippen molar-refractivity contribution in [3.8, 4) is 0 Å². The second-order valence-corrected chi connectivity index (χ2v) is 5.52. The van der Waals surface area contributed by atoms with Crippen molar-refractivity contribution < 1.29 is 4.79 Å². The number of hydrogen-bond acceptors (Lipinski definition) is 2. The zero-order chi connectivity index (χ0) is 14.4. The van der Waals surface area contributed by atoms with Crippen LogP contribution in [0, 0.1) is 6.92 Å². The molecule has 0 aromatic heterocycles. The average molecular weight is 275 g/mol. The van der Waals surface area contributed by atoms with Crippen LogP contribution in [0.5, 0.6) is 0 Å². The number of carbonyl (C=O) groups excluding carboxylic acids is 1. The van der Waals surface area contributed by atoms with Crippen LogP contribution in [0.3, 0.4) is 0 Å². The van der Waals surface area contributed by atoms with Gasteiger partial charge in [-0.3, -0.25) is 0 Å². The Kier molecular flexibility index (Phi) is 5.41. The van der Waals surface area contributed by atoms with Crippen LogP contribution in [0.2, 0.25) is 0 Å². The van der Waals surface area contributed by atoms with E-state index in [2.05, 4.69) is 17.6 Å². The minimum absolute atomic E-state index is 0.0181. The van der Waals surface area contributed by atoms with E-state index < -0.39 is 0 Å². The van der Waals surface area contributed by atoms with Crippen molar-refractivity contribution in [2.75, 3.05) is 25.0 Å². The molecule has 2 rings (SSSR count). The van der Waals surface area contributed by atoms with E-state index in [1.807, 2.05) is 36.1 Å². The summed E-state index contributed by atoms with van der Waals surface area (Å²) in [5.74, 6) is 0. The average Bonchev–Trinajstić information content (AvgIpc) is 2.45. The number of anilines is 1. The van der Waals surface area contributed by atoms with E-state index >= 15 is 0 Å². The molecule has 1 heterocycles. The molecule has 2 N–H and O–H groups in total. The minimum atomic E-state index is 0.0181. The van der Waals surface area contributed by atoms with Crippen LogP contribution in [0.1, 0.15) is 31.7 Å². The fourth-order valence-corrected chi connectivity index (χ4v) is 2.56. The van der Waals surface area contributed by atoms with Crippen LogP contribution < -0.4 is 10.6 Å². The van der Waals surface area contributed by atoms with Crippen molar-refractivity contribution >= 4 is 11.7 Å². The maximum Gasteiger partial charge on any atom is 0.321 e. The molecule has 1 aromatic rings. The van der Waals surface area contributed by atoms with Crippen molar-refractivity contribution in [2.24, 2.45) is 0 Å². The lowest BCUT2D eigenvalue weighted by molar-refractivity contribution is 0.189. The van der Waals surface area contributed by atoms with Gasteiger partial charge in [-0.2, -0.15) is 0 Å². The Morgan fingerprint density at radius 3 is 2.75 bits per heavy atom. The molecule has 0 spiro atoms. The Labute approximate surface area is 121 Å². The SMILES string of the molecule is CCCNC1CCN(C(=O)Nc2cccc(C)c2)CC1. The fourth-order valence-electron chi connectivity index (χ4n) is 2.56. The maximum atomic E-state index is 12.2. The Bertz CT molecular complexity index is 439. The summed E-state index contributed by atoms with van der Waals surface area (Å²) in [4.78, 5) is 14.1. The number of piperidine rings is 1. The topological polar surface area (TPSA) is 44.4 Å². The van der Waals surface area contributed by atoms with Crippen molar-refractivity contribution in [2.45, 2.75) is 39.2 Å². The number of likely N-dealkylation sites (tertiary alicyclic amines) is 1. The van der Waals surface area contributed by atoms with E-state index in [0.717, 1.165) is 50.1 Å². The molecule has 20 heavy (non-hydrogen) atoms. The quantitative estimate of drug-likeness (QED) is 0.887. The number of aryl methyl sites for hydroxylation is 1. The summed E-state index contributed by atoms with van der Waals surface area (Å²) in [6, 6.07) is 8.50. The number of hydrogen-bond donors (Lipinski definition) is 2. The van der Waals surface area contributed by atoms with E-state index in [-0.39, 0.29) is 6.03 Å². The van der Waals surface area contributed by atoms with Gasteiger partial charge in [0.05, 0.1) is 0 Å². The number of nitrogens with one attached hydrogen (secondary N) is 2. The highest BCUT2D eigenvalue weighted by atomic mass is 16.2. The first-order chi connectivity index (χ1) is 9.69. The van der Waals surface area contributed by atoms with Gasteiger partial charge in [0.15, 0.2) is 0 Å². The van der Waals surface area contributed by atoms with Gasteiger partial charge in [0.1, 0.15) is 0 Å². The number of carbonyl (C=O) groups is 1. The summed E-state index contributed by atoms with van der Waals surface area (Å²) < 4.78 is 0. The smallest absolute Gasteiger partial charge is 0.321 e. The van der Waals surface area contributed by atoms with E-state index in [1.54, 1.807) is 0 Å². The fraction of sp³-hybridized carbons (Fsp3) is 0.562. The lowest BCUT2D eigenvalue weighted by atomic mass is 10.1. The van der Waals surface area contributed by atoms with Gasteiger partial charge in [0.2, 0.25) is 0 Å². The highest BCUT2D eigenvalue weighted by Crippen LogP contribution is 2.14. The molecule has 4 heteroatoms. The third-order valence-corrected chi connectivity index (χ3v) is 3.73. The third-order valence-electron chi connectivity index (χ3n) is 3.73. The standard InChI is InChI=1S/C16H25N3O/c1-3-9-17-14-7-10-19(11-8-14)16(20)18-15-6-4-5-13(2)12-15/h4-6,12,14,17H,3,7-11H2,1-2H3,(H,18,20). The second kappa shape index (κ2) is 7.29. The first-order valence-electron chi connectivity index (χ1n) is 7.55. The van der Waals surface area contributed by atoms with Gasteiger partial charge in [-0.15, -0.1) is 0 Å². The molecule has 1 fully saturated rings. The molecule has 0 atom stereocenters. The van der Waals surface area contributed by atoms with Gasteiger partial charge in [-0.05, 0) is 50.4 Å². The predicted molar refractivity (Wildman–Crippen MR) is 83.1 cm³/mol. The summed E-state index contributed by atoms with van der Waals surface area (Å²) >= 11 is 0. The number of benzene rings is 1. The Morgan fingerprint density at radius 2 is 2.10 bits per heavy atom. The van der Waals surface area contributed by atoms with E-state index in [0.29, 0.717) is 6.04 Å². The van der Waals surface area contributed by atoms with Crippen LogP contribution in [0.4, 0.5) is 10.5 Å². The molecule has 0 saturated carbocycles. The van der Waals surface area contributed by atoms with Crippen LogP contribution in [-0.2, 0) is 0 Å². The largest absolute Gasteiger partial charge is 0.324 e. The molecular weight excluding hydrogens is 250 g/mol. The first-order valence-corrected chi connectivity index (χ1v) is 7.55. The van der Waals surface area contributed by atoms with Crippen LogP contribution in [0.15, 0.2) is 24.3 Å². The van der Waals surface area contributed by atoms with Gasteiger partial charge < -0.3 is 15.5 Å². The van der Waals surface area contributed by atoms with E-state index in [1.165, 1.54) is 0 Å². The van der Waals surface area contributed by atoms with Crippen molar-refractivity contribution in [1.82, 2.24) is 10.2 Å². The minimum Gasteiger partial charge on any atom is -0.324 e. The van der Waals surface area contributed by atoms with Crippen LogP contribution in [0.25, 0.3) is 0 Å². The molecule has 1 aromatic carbocycles. The van der Waals surface area contributed by atoms with Gasteiger partial charge >= 0.3 is 6.03 Å². The maximum absolute atomic E-state index is 12.2. The summed E-state index contributed by atoms with van der Waals surface area (Å²) in [7, 11) is 0. The highest BCUT2D eigenvalue weighted by molar-refractivity contribution is 5.89. The molecule has 2 amide bonds. The third kappa shape index (κ3) is 4.23. The molecule has 1 saturated heterocycles. The van der Waals surface area contributed by atoms with Crippen molar-refractivity contribution in [3.63, 3.8) is 0 Å². The van der Waals surface area contributed by atoms with Crippen molar-refractivity contribution in [1.29, 1.82) is 0 Å². The molecule has 1 aliphatic rings. The number of urea groups is 1. The van der Waals surface area contributed by atoms with Crippen molar-refractivity contribution in [3.05, 3.63) is 29.8 Å². The Balaban J connectivity index is 1.80. The molecule has 110 valence electrons. The molecule has 0 bridgehead atoms. The Hall–Kier alpha value is -1.55. The van der Waals surface area contributed by atoms with Gasteiger partial charge in [0.25, 0.3) is 0 Å². The molecular formula is C16H25N3O. The zero-order valence-electron chi connectivity index (χ0n) is 12.5. The summed E-state index contributed by atoms with van der Waals surface area (Å²) in [6.07, 6.45) is 3.25. The summed E-state index contributed by atoms with van der Waals surface area (Å²) in [6.45, 7) is 6.94. The summed E-state index contributed by atoms with van der Waals surface area (Å²) in [5.41, 5.74) is 2.03. The van der Waals surface area contributed by atoms with Crippen LogP contribution >= 0.6 is 0 Å². The Morgan fingerprint density at radius 1 is 1.35 bits per heavy atom. The highest BCUT2D eigenvalue weighted by Gasteiger charge is 2.22. The number of nitrogens with zero attached hydrogens (tertiary/aromatic N) is 1. The normalized spacial score (nSPS) is 16.2. The molecule has 0 radical (unpaired) electrons. The van der Waals surface area contributed by atoms with E-state index in [9.17, 15) is 4.79 Å². The zero-order valence-corrected chi connectivity index (χ0v) is 12.5. The van der Waals surface area contributed by atoms with Gasteiger partial charge in [0, 0.05) is 24.8 Å². The van der Waals surface area contributed by atoms with Gasteiger partial charge in [-0.25, -0.2) is 4.79 Å². The predicted octanol–water partition coefficient (Wildman–Crippen LogP) is 2.99. The summed E-state index contributed by atoms with van der Waals surface area (Å²) in [5, 5.41) is 6.51. The van der Waals surface area contributed by atoms with Gasteiger partial charge in [-0.1, -0.05) is 19.1 Å². The second-order valence-electron chi connectivity index (χ2n) is 5.52. The lowest BCUT2D eigenvalue weighted by Gasteiger charge is -2.32. The molecule has 1 aliphatic heterocycles. The monoisotopic (exact) mass is 275 g/mol. The number of rotatable bonds is 4. The molecule has 0 aliphatic carbocycles. The van der Waals surface area contributed by atoms with Crippen LogP contribution in [-0.4, -0.2) is 36.6 Å². The van der Waals surface area contributed by atoms with E-state index in [4.69, 9.17) is 0 Å². The first kappa shape index (κ1) is 14.9. The lowest BCUT2D eigenvalue weighted by Crippen LogP contribution is -2.46. The number of amides is 2. The molecule has 0 unspecified atom stereocenters. The molecule has 4 nitrogen and oxygen atoms in total.